The Bertz CT molecular complexity index is 580. The number of hydrogen-bond donors (Lipinski definition) is 3. The molecule has 1 aromatic rings. The van der Waals surface area contributed by atoms with Gasteiger partial charge in [-0.25, -0.2) is 4.99 Å². The highest BCUT2D eigenvalue weighted by molar-refractivity contribution is 14.0. The molecule has 1 unspecified atom stereocenters. The summed E-state index contributed by atoms with van der Waals surface area (Å²) in [6, 6.07) is 7.79. The number of amides is 1. The molecule has 0 radical (unpaired) electrons. The second kappa shape index (κ2) is 11.3. The predicted molar refractivity (Wildman–Crippen MR) is 111 cm³/mol. The van der Waals surface area contributed by atoms with Crippen LogP contribution in [0.3, 0.4) is 0 Å². The number of nitrogens with two attached hydrogens (primary N) is 1. The SMILES string of the molecule is CCNC(=NCc1ccccc1CO)N1CCCC(CC(N)=O)C1.I. The maximum atomic E-state index is 11.2. The van der Waals surface area contributed by atoms with E-state index in [4.69, 9.17) is 10.7 Å². The minimum Gasteiger partial charge on any atom is -0.392 e. The van der Waals surface area contributed by atoms with Gasteiger partial charge in [0.2, 0.25) is 5.91 Å². The summed E-state index contributed by atoms with van der Waals surface area (Å²) < 4.78 is 0. The van der Waals surface area contributed by atoms with Crippen LogP contribution in [-0.2, 0) is 17.9 Å². The van der Waals surface area contributed by atoms with Crippen molar-refractivity contribution in [3.63, 3.8) is 0 Å². The van der Waals surface area contributed by atoms with Crippen LogP contribution in [0.15, 0.2) is 29.3 Å². The fourth-order valence-corrected chi connectivity index (χ4v) is 3.16. The Balaban J connectivity index is 0.00000312. The summed E-state index contributed by atoms with van der Waals surface area (Å²) in [6.07, 6.45) is 2.50. The first kappa shape index (κ1) is 21.7. The lowest BCUT2D eigenvalue weighted by atomic mass is 9.95. The van der Waals surface area contributed by atoms with Gasteiger partial charge in [-0.3, -0.25) is 4.79 Å². The lowest BCUT2D eigenvalue weighted by molar-refractivity contribution is -0.119. The van der Waals surface area contributed by atoms with Crippen LogP contribution in [-0.4, -0.2) is 41.5 Å². The maximum Gasteiger partial charge on any atom is 0.217 e. The molecule has 0 spiro atoms. The number of hydrogen-bond acceptors (Lipinski definition) is 3. The van der Waals surface area contributed by atoms with Gasteiger partial charge >= 0.3 is 0 Å². The molecule has 0 saturated carbocycles. The van der Waals surface area contributed by atoms with Crippen molar-refractivity contribution in [2.75, 3.05) is 19.6 Å². The maximum absolute atomic E-state index is 11.2. The van der Waals surface area contributed by atoms with Gasteiger partial charge in [0, 0.05) is 26.1 Å². The van der Waals surface area contributed by atoms with Crippen molar-refractivity contribution < 1.29 is 9.90 Å². The number of carbonyl (C=O) groups is 1. The molecule has 4 N–H and O–H groups in total. The molecule has 0 aromatic heterocycles. The predicted octanol–water partition coefficient (Wildman–Crippen LogP) is 1.85. The number of aliphatic hydroxyl groups is 1. The summed E-state index contributed by atoms with van der Waals surface area (Å²) in [5.74, 6) is 0.921. The van der Waals surface area contributed by atoms with Gasteiger partial charge in [0.1, 0.15) is 0 Å². The van der Waals surface area contributed by atoms with Gasteiger partial charge in [0.05, 0.1) is 13.2 Å². The Morgan fingerprint density at radius 1 is 1.40 bits per heavy atom. The van der Waals surface area contributed by atoms with E-state index < -0.39 is 0 Å². The van der Waals surface area contributed by atoms with Gasteiger partial charge < -0.3 is 21.1 Å². The van der Waals surface area contributed by atoms with Crippen LogP contribution >= 0.6 is 24.0 Å². The quantitative estimate of drug-likeness (QED) is 0.344. The molecule has 1 aromatic carbocycles. The number of guanidine groups is 1. The van der Waals surface area contributed by atoms with E-state index in [2.05, 4.69) is 10.2 Å². The van der Waals surface area contributed by atoms with Crippen molar-refractivity contribution in [1.29, 1.82) is 0 Å². The highest BCUT2D eigenvalue weighted by Gasteiger charge is 2.23. The van der Waals surface area contributed by atoms with Crippen LogP contribution in [0.4, 0.5) is 0 Å². The van der Waals surface area contributed by atoms with Crippen LogP contribution in [0.5, 0.6) is 0 Å². The van der Waals surface area contributed by atoms with Gasteiger partial charge in [-0.05, 0) is 36.8 Å². The number of nitrogens with one attached hydrogen (secondary N) is 1. The van der Waals surface area contributed by atoms with Crippen molar-refractivity contribution in [3.05, 3.63) is 35.4 Å². The zero-order valence-corrected chi connectivity index (χ0v) is 17.1. The average molecular weight is 460 g/mol. The number of likely N-dealkylation sites (tertiary alicyclic amines) is 1. The zero-order valence-electron chi connectivity index (χ0n) is 14.8. The topological polar surface area (TPSA) is 91.0 Å². The smallest absolute Gasteiger partial charge is 0.217 e. The van der Waals surface area contributed by atoms with Crippen molar-refractivity contribution in [2.45, 2.75) is 39.3 Å². The fourth-order valence-electron chi connectivity index (χ4n) is 3.16. The lowest BCUT2D eigenvalue weighted by Crippen LogP contribution is -2.47. The minimum absolute atomic E-state index is 0. The van der Waals surface area contributed by atoms with Gasteiger partial charge in [-0.2, -0.15) is 0 Å². The third-order valence-corrected chi connectivity index (χ3v) is 4.33. The number of benzene rings is 1. The normalized spacial score (nSPS) is 17.8. The number of primary amides is 1. The summed E-state index contributed by atoms with van der Waals surface area (Å²) in [5.41, 5.74) is 7.28. The van der Waals surface area contributed by atoms with E-state index in [1.807, 2.05) is 31.2 Å². The second-order valence-corrected chi connectivity index (χ2v) is 6.22. The third-order valence-electron chi connectivity index (χ3n) is 4.33. The number of aliphatic hydroxyl groups excluding tert-OH is 1. The van der Waals surface area contributed by atoms with E-state index >= 15 is 0 Å². The number of carbonyl (C=O) groups excluding carboxylic acids is 1. The molecule has 0 bridgehead atoms. The van der Waals surface area contributed by atoms with E-state index in [0.717, 1.165) is 49.6 Å². The Hall–Kier alpha value is -1.35. The van der Waals surface area contributed by atoms with Gasteiger partial charge in [0.15, 0.2) is 5.96 Å². The molecule has 1 fully saturated rings. The molecule has 1 heterocycles. The molecule has 0 aliphatic carbocycles. The Morgan fingerprint density at radius 2 is 2.12 bits per heavy atom. The molecule has 2 rings (SSSR count). The first-order valence-corrected chi connectivity index (χ1v) is 8.63. The van der Waals surface area contributed by atoms with Crippen molar-refractivity contribution in [2.24, 2.45) is 16.6 Å². The summed E-state index contributed by atoms with van der Waals surface area (Å²) >= 11 is 0. The Kier molecular flexibility index (Phi) is 9.81. The molecule has 1 aliphatic heterocycles. The van der Waals surface area contributed by atoms with Crippen LogP contribution < -0.4 is 11.1 Å². The molecule has 1 atom stereocenters. The minimum atomic E-state index is -0.235. The molecular formula is C18H29IN4O2. The molecular weight excluding hydrogens is 431 g/mol. The van der Waals surface area contributed by atoms with Crippen LogP contribution in [0.1, 0.15) is 37.3 Å². The summed E-state index contributed by atoms with van der Waals surface area (Å²) in [7, 11) is 0. The monoisotopic (exact) mass is 460 g/mol. The van der Waals surface area contributed by atoms with Crippen molar-refractivity contribution >= 4 is 35.8 Å². The first-order chi connectivity index (χ1) is 11.6. The van der Waals surface area contributed by atoms with Crippen LogP contribution in [0, 0.1) is 5.92 Å². The van der Waals surface area contributed by atoms with E-state index in [-0.39, 0.29) is 36.5 Å². The molecule has 1 saturated heterocycles. The van der Waals surface area contributed by atoms with E-state index in [1.165, 1.54) is 0 Å². The summed E-state index contributed by atoms with van der Waals surface area (Å²) in [6.45, 7) is 5.11. The average Bonchev–Trinajstić information content (AvgIpc) is 2.58. The highest BCUT2D eigenvalue weighted by atomic mass is 127. The van der Waals surface area contributed by atoms with E-state index in [9.17, 15) is 9.90 Å². The number of rotatable bonds is 6. The Morgan fingerprint density at radius 3 is 2.76 bits per heavy atom. The molecule has 1 aliphatic rings. The van der Waals surface area contributed by atoms with Crippen molar-refractivity contribution in [1.82, 2.24) is 10.2 Å². The van der Waals surface area contributed by atoms with Crippen LogP contribution in [0.2, 0.25) is 0 Å². The number of aliphatic imine (C=N–C) groups is 1. The number of piperidine rings is 1. The van der Waals surface area contributed by atoms with E-state index in [1.54, 1.807) is 0 Å². The zero-order chi connectivity index (χ0) is 17.4. The third kappa shape index (κ3) is 6.81. The van der Waals surface area contributed by atoms with Crippen molar-refractivity contribution in [3.8, 4) is 0 Å². The summed E-state index contributed by atoms with van der Waals surface area (Å²) in [4.78, 5) is 18.1. The first-order valence-electron chi connectivity index (χ1n) is 8.63. The number of halogens is 1. The molecule has 6 nitrogen and oxygen atoms in total. The van der Waals surface area contributed by atoms with Gasteiger partial charge in [0.25, 0.3) is 0 Å². The molecule has 1 amide bonds. The van der Waals surface area contributed by atoms with E-state index in [0.29, 0.717) is 18.9 Å². The largest absolute Gasteiger partial charge is 0.392 e. The Labute approximate surface area is 166 Å². The summed E-state index contributed by atoms with van der Waals surface area (Å²) in [5, 5.41) is 12.8. The standard InChI is InChI=1S/C18H28N4O2.HI/c1-2-20-18(21-11-15-7-3-4-8-16(15)13-23)22-9-5-6-14(12-22)10-17(19)24;/h3-4,7-8,14,23H,2,5-6,9-13H2,1H3,(H2,19,24)(H,20,21);1H. The van der Waals surface area contributed by atoms with Gasteiger partial charge in [-0.1, -0.05) is 24.3 Å². The number of nitrogens with zero attached hydrogens (tertiary/aromatic N) is 2. The lowest BCUT2D eigenvalue weighted by Gasteiger charge is -2.34. The fraction of sp³-hybridized carbons (Fsp3) is 0.556. The molecule has 140 valence electrons. The van der Waals surface area contributed by atoms with Gasteiger partial charge in [-0.15, -0.1) is 24.0 Å². The highest BCUT2D eigenvalue weighted by Crippen LogP contribution is 2.19. The second-order valence-electron chi connectivity index (χ2n) is 6.22. The molecule has 7 heteroatoms. The molecule has 25 heavy (non-hydrogen) atoms. The van der Waals surface area contributed by atoms with Crippen LogP contribution in [0.25, 0.3) is 0 Å².